The number of aliphatic hydroxyl groups is 2. The number of benzene rings is 1. The van der Waals surface area contributed by atoms with E-state index in [1.54, 1.807) is 51.1 Å². The molecule has 3 unspecified atom stereocenters. The number of amides is 9. The molecule has 21 nitrogen and oxygen atoms in total. The smallest absolute Gasteiger partial charge is 0.410 e. The number of primary amides is 1. The van der Waals surface area contributed by atoms with Crippen LogP contribution in [0.15, 0.2) is 59.2 Å². The van der Waals surface area contributed by atoms with Gasteiger partial charge in [0.15, 0.2) is 5.78 Å². The summed E-state index contributed by atoms with van der Waals surface area (Å²) in [4.78, 5) is 118. The topological polar surface area (TPSA) is 296 Å². The molecule has 0 aromatic heterocycles. The molecule has 8 N–H and O–H groups in total. The molecular weight excluding hydrogens is 909 g/mol. The summed E-state index contributed by atoms with van der Waals surface area (Å²) in [5.41, 5.74) is 4.26. The number of nitrogens with one attached hydrogen (secondary N) is 4. The molecule has 1 heterocycles. The number of nitrogens with two attached hydrogens (primary N) is 1. The maximum absolute atomic E-state index is 13.6. The largest absolute Gasteiger partial charge is 0.445 e. The van der Waals surface area contributed by atoms with Gasteiger partial charge in [-0.05, 0) is 82.9 Å². The standard InChI is InChI=1S/C49H68N8O13/c1-29(2)39(54-35(59)13-9-8-10-23-57-36(60)18-19-37(57)61)43(64)53-34(12-11-22-51-44(50)65)42(63)52-32-16-14-31(15-17-32)27-69-45(66)55(6)24-25-56(7)46(67)70-41-38-30(3)49(20-21-49)48(5,68)40(62)33(38)26-47(41,4)28-58/h14-19,26,29,34,39,41,58,68H,8-13,20-25,27-28H2,1-7H3,(H,52,63)(H,53,64)(H,54,59)(H3,50,51,65)/t34?,39-,41?,47?,48-/m0/s1. The van der Waals surface area contributed by atoms with Crippen molar-refractivity contribution in [3.8, 4) is 0 Å². The van der Waals surface area contributed by atoms with E-state index >= 15 is 0 Å². The van der Waals surface area contributed by atoms with Crippen molar-refractivity contribution in [2.24, 2.45) is 22.5 Å². The van der Waals surface area contributed by atoms with E-state index in [0.29, 0.717) is 48.9 Å². The van der Waals surface area contributed by atoms with Gasteiger partial charge in [-0.3, -0.25) is 33.7 Å². The lowest BCUT2D eigenvalue weighted by atomic mass is 9.67. The number of carbonyl (C=O) groups excluding carboxylic acids is 9. The molecule has 0 bridgehead atoms. The van der Waals surface area contributed by atoms with E-state index in [1.165, 1.54) is 43.0 Å². The highest BCUT2D eigenvalue weighted by molar-refractivity contribution is 6.13. The first kappa shape index (κ1) is 54.3. The minimum absolute atomic E-state index is 0.0574. The number of likely N-dealkylation sites (N-methyl/N-ethyl adjacent to an activating group) is 2. The first-order valence-corrected chi connectivity index (χ1v) is 23.6. The highest BCUT2D eigenvalue weighted by Gasteiger charge is 2.67. The van der Waals surface area contributed by atoms with Gasteiger partial charge in [-0.25, -0.2) is 14.4 Å². The fraction of sp³-hybridized carbons (Fsp3) is 0.571. The molecule has 1 aliphatic heterocycles. The molecule has 4 aliphatic rings. The molecule has 70 heavy (non-hydrogen) atoms. The van der Waals surface area contributed by atoms with Gasteiger partial charge in [0.25, 0.3) is 11.8 Å². The number of unbranched alkanes of at least 4 members (excludes halogenated alkanes) is 2. The number of urea groups is 1. The zero-order valence-corrected chi connectivity index (χ0v) is 41.1. The third-order valence-corrected chi connectivity index (χ3v) is 13.7. The summed E-state index contributed by atoms with van der Waals surface area (Å²) in [5.74, 6) is -3.06. The van der Waals surface area contributed by atoms with Gasteiger partial charge in [-0.2, -0.15) is 0 Å². The van der Waals surface area contributed by atoms with Crippen molar-refractivity contribution < 1.29 is 62.8 Å². The van der Waals surface area contributed by atoms with Crippen LogP contribution < -0.4 is 27.0 Å². The molecule has 1 saturated carbocycles. The monoisotopic (exact) mass is 976 g/mol. The Morgan fingerprint density at radius 3 is 2.10 bits per heavy atom. The number of fused-ring (bicyclic) bond motifs is 1. The quantitative estimate of drug-likeness (QED) is 0.0614. The van der Waals surface area contributed by atoms with Crippen molar-refractivity contribution in [1.82, 2.24) is 30.7 Å². The van der Waals surface area contributed by atoms with Crippen LogP contribution >= 0.6 is 0 Å². The maximum Gasteiger partial charge on any atom is 0.410 e. The van der Waals surface area contributed by atoms with Crippen molar-refractivity contribution in [2.75, 3.05) is 52.2 Å². The van der Waals surface area contributed by atoms with Gasteiger partial charge >= 0.3 is 18.2 Å². The Labute approximate surface area is 407 Å². The second kappa shape index (κ2) is 22.9. The maximum atomic E-state index is 13.6. The van der Waals surface area contributed by atoms with Gasteiger partial charge in [0.1, 0.15) is 30.4 Å². The normalized spacial score (nSPS) is 21.7. The SMILES string of the molecule is CC1=C2C(=CC(C)(CO)C2OC(=O)N(C)CCN(C)C(=O)OCc2ccc(NC(=O)C(CCCNC(N)=O)NC(=O)[C@@H](NC(=O)CCCCCN3C(=O)C=CC3=O)C(C)C)cc2)C(=O)[C@](C)(O)C12CC2. The van der Waals surface area contributed by atoms with Crippen molar-refractivity contribution in [3.05, 3.63) is 64.8 Å². The van der Waals surface area contributed by atoms with Crippen molar-refractivity contribution in [2.45, 2.75) is 116 Å². The zero-order chi connectivity index (χ0) is 51.7. The van der Waals surface area contributed by atoms with Crippen LogP contribution in [0.3, 0.4) is 0 Å². The van der Waals surface area contributed by atoms with Crippen LogP contribution in [0.4, 0.5) is 20.1 Å². The van der Waals surface area contributed by atoms with E-state index in [2.05, 4.69) is 21.3 Å². The number of nitrogens with zero attached hydrogens (tertiary/aromatic N) is 3. The first-order chi connectivity index (χ1) is 33.0. The molecule has 0 saturated heterocycles. The molecule has 1 fully saturated rings. The third kappa shape index (κ3) is 12.6. The second-order valence-corrected chi connectivity index (χ2v) is 19.3. The Hall–Kier alpha value is -6.61. The van der Waals surface area contributed by atoms with E-state index in [-0.39, 0.29) is 81.3 Å². The number of hydrogen-bond acceptors (Lipinski definition) is 13. The fourth-order valence-corrected chi connectivity index (χ4v) is 9.01. The molecule has 1 spiro atoms. The average Bonchev–Trinajstić information content (AvgIpc) is 4.01. The first-order valence-electron chi connectivity index (χ1n) is 23.6. The third-order valence-electron chi connectivity index (χ3n) is 13.7. The molecule has 21 heteroatoms. The highest BCUT2D eigenvalue weighted by Crippen LogP contribution is 2.65. The Kier molecular flexibility index (Phi) is 17.8. The molecule has 382 valence electrons. The average molecular weight is 977 g/mol. The molecule has 3 aliphatic carbocycles. The molecule has 5 atom stereocenters. The van der Waals surface area contributed by atoms with Crippen LogP contribution in [-0.2, 0) is 44.8 Å². The Morgan fingerprint density at radius 2 is 1.51 bits per heavy atom. The van der Waals surface area contributed by atoms with Gasteiger partial charge in [0.05, 0.1) is 12.0 Å². The van der Waals surface area contributed by atoms with Crippen LogP contribution in [0.2, 0.25) is 0 Å². The van der Waals surface area contributed by atoms with E-state index in [4.69, 9.17) is 15.2 Å². The summed E-state index contributed by atoms with van der Waals surface area (Å²) in [7, 11) is 3.00. The van der Waals surface area contributed by atoms with Crippen LogP contribution in [0.1, 0.15) is 91.5 Å². The number of ether oxygens (including phenoxy) is 2. The number of aliphatic hydroxyl groups excluding tert-OH is 1. The van der Waals surface area contributed by atoms with Gasteiger partial charge < -0.3 is 56.5 Å². The van der Waals surface area contributed by atoms with Gasteiger partial charge in [-0.1, -0.05) is 44.1 Å². The molecule has 1 aromatic rings. The lowest BCUT2D eigenvalue weighted by Gasteiger charge is -2.40. The minimum atomic E-state index is -1.60. The molecule has 1 aromatic carbocycles. The Morgan fingerprint density at radius 1 is 0.886 bits per heavy atom. The second-order valence-electron chi connectivity index (χ2n) is 19.3. The van der Waals surface area contributed by atoms with E-state index in [0.717, 1.165) is 10.5 Å². The Bertz CT molecular complexity index is 2290. The number of carbonyl (C=O) groups is 9. The van der Waals surface area contributed by atoms with E-state index in [9.17, 15) is 53.4 Å². The van der Waals surface area contributed by atoms with Gasteiger partial charge in [0.2, 0.25) is 17.7 Å². The number of hydrogen-bond donors (Lipinski definition) is 7. The summed E-state index contributed by atoms with van der Waals surface area (Å²) in [6.07, 6.45) is 4.93. The summed E-state index contributed by atoms with van der Waals surface area (Å²) in [5, 5.41) is 32.3. The summed E-state index contributed by atoms with van der Waals surface area (Å²) < 4.78 is 11.5. The van der Waals surface area contributed by atoms with Crippen LogP contribution in [0.5, 0.6) is 0 Å². The Balaban J connectivity index is 1.08. The lowest BCUT2D eigenvalue weighted by Crippen LogP contribution is -2.54. The van der Waals surface area contributed by atoms with Crippen LogP contribution in [0.25, 0.3) is 0 Å². The number of imide groups is 1. The zero-order valence-electron chi connectivity index (χ0n) is 41.1. The fourth-order valence-electron chi connectivity index (χ4n) is 9.01. The predicted molar refractivity (Wildman–Crippen MR) is 254 cm³/mol. The lowest BCUT2D eigenvalue weighted by molar-refractivity contribution is -0.138. The minimum Gasteiger partial charge on any atom is -0.445 e. The number of Topliss-reactive ketones (excluding diaryl/α,β-unsaturated/α-hetero) is 1. The highest BCUT2D eigenvalue weighted by atomic mass is 16.6. The van der Waals surface area contributed by atoms with Gasteiger partial charge in [0, 0.05) is 81.1 Å². The van der Waals surface area contributed by atoms with E-state index in [1.807, 2.05) is 6.92 Å². The summed E-state index contributed by atoms with van der Waals surface area (Å²) in [6, 6.07) is 3.66. The van der Waals surface area contributed by atoms with Crippen molar-refractivity contribution >= 4 is 59.2 Å². The van der Waals surface area contributed by atoms with E-state index < -0.39 is 77.0 Å². The molecule has 9 amide bonds. The summed E-state index contributed by atoms with van der Waals surface area (Å²) >= 11 is 0. The molecule has 0 radical (unpaired) electrons. The van der Waals surface area contributed by atoms with Crippen molar-refractivity contribution in [1.29, 1.82) is 0 Å². The molecule has 5 rings (SSSR count). The molecular formula is C49H68N8O13. The number of ketones is 1. The van der Waals surface area contributed by atoms with Gasteiger partial charge in [-0.15, -0.1) is 0 Å². The number of anilines is 1. The van der Waals surface area contributed by atoms with Crippen LogP contribution in [-0.4, -0.2) is 149 Å². The number of rotatable bonds is 23. The van der Waals surface area contributed by atoms with Crippen molar-refractivity contribution in [3.63, 3.8) is 0 Å². The van der Waals surface area contributed by atoms with Crippen LogP contribution in [0, 0.1) is 16.7 Å². The summed E-state index contributed by atoms with van der Waals surface area (Å²) in [6.45, 7) is 8.52. The predicted octanol–water partition coefficient (Wildman–Crippen LogP) is 2.56.